The predicted molar refractivity (Wildman–Crippen MR) is 136 cm³/mol. The van der Waals surface area contributed by atoms with Crippen LogP contribution < -0.4 is 10.1 Å². The summed E-state index contributed by atoms with van der Waals surface area (Å²) in [5.74, 6) is 0.192. The largest absolute Gasteiger partial charge is 0.484 e. The van der Waals surface area contributed by atoms with E-state index in [-0.39, 0.29) is 31.0 Å². The molecule has 3 rings (SSSR count). The molecular weight excluding hydrogens is 527 g/mol. The highest BCUT2D eigenvalue weighted by molar-refractivity contribution is 9.10. The number of rotatable bonds is 9. The molecule has 0 spiro atoms. The van der Waals surface area contributed by atoms with Crippen LogP contribution in [0.5, 0.6) is 5.75 Å². The molecule has 0 bridgehead atoms. The number of amides is 2. The summed E-state index contributed by atoms with van der Waals surface area (Å²) in [6, 6.07) is 12.1. The summed E-state index contributed by atoms with van der Waals surface area (Å²) in [6.45, 7) is 1.97. The Hall–Kier alpha value is -1.76. The minimum Gasteiger partial charge on any atom is -0.484 e. The summed E-state index contributed by atoms with van der Waals surface area (Å²) in [4.78, 5) is 28.1. The Morgan fingerprint density at radius 1 is 1.09 bits per heavy atom. The zero-order chi connectivity index (χ0) is 23.8. The Labute approximate surface area is 213 Å². The molecule has 0 unspecified atom stereocenters. The normalized spacial score (nSPS) is 15.0. The molecule has 0 heterocycles. The predicted octanol–water partition coefficient (Wildman–Crippen LogP) is 6.39. The van der Waals surface area contributed by atoms with E-state index in [0.29, 0.717) is 22.2 Å². The molecule has 33 heavy (non-hydrogen) atoms. The lowest BCUT2D eigenvalue weighted by molar-refractivity contribution is -0.143. The summed E-state index contributed by atoms with van der Waals surface area (Å²) in [7, 11) is 0. The van der Waals surface area contributed by atoms with E-state index in [1.807, 2.05) is 25.1 Å². The van der Waals surface area contributed by atoms with E-state index in [9.17, 15) is 9.59 Å². The standard InChI is InChI=1S/C25H29BrCl2N2O3/c1-2-23(25(32)29-19-6-4-3-5-7-19)30(15-17-8-13-21(27)22(28)14-17)24(31)16-33-20-11-9-18(26)10-12-20/h8-14,19,23H,2-7,15-16H2,1H3,(H,29,32)/t23-/m1/s1. The fourth-order valence-corrected chi connectivity index (χ4v) is 4.64. The molecular formula is C25H29BrCl2N2O3. The van der Waals surface area contributed by atoms with Gasteiger partial charge in [0.05, 0.1) is 10.0 Å². The van der Waals surface area contributed by atoms with Crippen LogP contribution in [0, 0.1) is 0 Å². The lowest BCUT2D eigenvalue weighted by atomic mass is 9.95. The van der Waals surface area contributed by atoms with Gasteiger partial charge in [-0.2, -0.15) is 0 Å². The van der Waals surface area contributed by atoms with Gasteiger partial charge in [-0.3, -0.25) is 9.59 Å². The average Bonchev–Trinajstić information content (AvgIpc) is 2.81. The lowest BCUT2D eigenvalue weighted by Crippen LogP contribution is -2.52. The number of hydrogen-bond donors (Lipinski definition) is 1. The van der Waals surface area contributed by atoms with Crippen LogP contribution >= 0.6 is 39.1 Å². The van der Waals surface area contributed by atoms with Gasteiger partial charge in [-0.25, -0.2) is 0 Å². The smallest absolute Gasteiger partial charge is 0.261 e. The van der Waals surface area contributed by atoms with Crippen LogP contribution in [0.1, 0.15) is 51.0 Å². The second-order valence-electron chi connectivity index (χ2n) is 8.28. The second-order valence-corrected chi connectivity index (χ2v) is 10.0. The molecule has 1 N–H and O–H groups in total. The van der Waals surface area contributed by atoms with Crippen molar-refractivity contribution in [1.29, 1.82) is 0 Å². The topological polar surface area (TPSA) is 58.6 Å². The Morgan fingerprint density at radius 2 is 1.79 bits per heavy atom. The number of hydrogen-bond acceptors (Lipinski definition) is 3. The Balaban J connectivity index is 1.77. The molecule has 0 aromatic heterocycles. The zero-order valence-electron chi connectivity index (χ0n) is 18.7. The van der Waals surface area contributed by atoms with Crippen LogP contribution in [0.4, 0.5) is 0 Å². The van der Waals surface area contributed by atoms with Gasteiger partial charge in [0.1, 0.15) is 11.8 Å². The molecule has 0 aliphatic heterocycles. The molecule has 1 aliphatic carbocycles. The Morgan fingerprint density at radius 3 is 2.42 bits per heavy atom. The first-order valence-corrected chi connectivity index (χ1v) is 12.8. The highest BCUT2D eigenvalue weighted by atomic mass is 79.9. The summed E-state index contributed by atoms with van der Waals surface area (Å²) in [5, 5.41) is 4.02. The summed E-state index contributed by atoms with van der Waals surface area (Å²) in [6.07, 6.45) is 5.90. The molecule has 0 radical (unpaired) electrons. The van der Waals surface area contributed by atoms with Crippen molar-refractivity contribution in [2.75, 3.05) is 6.61 Å². The minimum atomic E-state index is -0.609. The van der Waals surface area contributed by atoms with Gasteiger partial charge in [0, 0.05) is 17.1 Å². The lowest BCUT2D eigenvalue weighted by Gasteiger charge is -2.32. The van der Waals surface area contributed by atoms with Crippen molar-refractivity contribution in [3.63, 3.8) is 0 Å². The van der Waals surface area contributed by atoms with E-state index in [4.69, 9.17) is 27.9 Å². The highest BCUT2D eigenvalue weighted by Crippen LogP contribution is 2.25. The average molecular weight is 556 g/mol. The molecule has 1 aliphatic rings. The van der Waals surface area contributed by atoms with Crippen molar-refractivity contribution in [3.05, 3.63) is 62.5 Å². The molecule has 1 fully saturated rings. The van der Waals surface area contributed by atoms with E-state index in [1.54, 1.807) is 29.2 Å². The first-order valence-electron chi connectivity index (χ1n) is 11.3. The van der Waals surface area contributed by atoms with Gasteiger partial charge in [-0.1, -0.05) is 71.4 Å². The Bertz CT molecular complexity index is 949. The first kappa shape index (κ1) is 25.9. The maximum atomic E-state index is 13.3. The molecule has 8 heteroatoms. The van der Waals surface area contributed by atoms with Gasteiger partial charge in [0.2, 0.25) is 5.91 Å². The van der Waals surface area contributed by atoms with Crippen molar-refractivity contribution in [1.82, 2.24) is 10.2 Å². The van der Waals surface area contributed by atoms with Crippen LogP contribution in [0.3, 0.4) is 0 Å². The van der Waals surface area contributed by atoms with Gasteiger partial charge in [0.15, 0.2) is 6.61 Å². The van der Waals surface area contributed by atoms with Crippen LogP contribution in [-0.2, 0) is 16.1 Å². The fraction of sp³-hybridized carbons (Fsp3) is 0.440. The fourth-order valence-electron chi connectivity index (χ4n) is 4.06. The molecule has 0 saturated heterocycles. The van der Waals surface area contributed by atoms with E-state index >= 15 is 0 Å². The van der Waals surface area contributed by atoms with Gasteiger partial charge in [-0.15, -0.1) is 0 Å². The van der Waals surface area contributed by atoms with Crippen LogP contribution in [-0.4, -0.2) is 35.4 Å². The van der Waals surface area contributed by atoms with E-state index in [2.05, 4.69) is 21.2 Å². The third-order valence-corrected chi connectivity index (χ3v) is 7.12. The van der Waals surface area contributed by atoms with Crippen LogP contribution in [0.2, 0.25) is 10.0 Å². The van der Waals surface area contributed by atoms with Gasteiger partial charge < -0.3 is 15.0 Å². The maximum Gasteiger partial charge on any atom is 0.261 e. The number of ether oxygens (including phenoxy) is 1. The SMILES string of the molecule is CC[C@H](C(=O)NC1CCCCC1)N(Cc1ccc(Cl)c(Cl)c1)C(=O)COc1ccc(Br)cc1. The summed E-state index contributed by atoms with van der Waals surface area (Å²) < 4.78 is 6.64. The summed E-state index contributed by atoms with van der Waals surface area (Å²) >= 11 is 15.6. The van der Waals surface area contributed by atoms with E-state index in [0.717, 1.165) is 35.7 Å². The van der Waals surface area contributed by atoms with Gasteiger partial charge in [-0.05, 0) is 61.2 Å². The van der Waals surface area contributed by atoms with E-state index < -0.39 is 6.04 Å². The van der Waals surface area contributed by atoms with E-state index in [1.165, 1.54) is 6.42 Å². The quantitative estimate of drug-likeness (QED) is 0.390. The maximum absolute atomic E-state index is 13.3. The number of carbonyl (C=O) groups is 2. The number of halogens is 3. The number of nitrogens with zero attached hydrogens (tertiary/aromatic N) is 1. The molecule has 1 atom stereocenters. The monoisotopic (exact) mass is 554 g/mol. The van der Waals surface area contributed by atoms with Crippen molar-refractivity contribution in [2.24, 2.45) is 0 Å². The molecule has 178 valence electrons. The Kier molecular flexibility index (Phi) is 9.90. The second kappa shape index (κ2) is 12.6. The van der Waals surface area contributed by atoms with Crippen LogP contribution in [0.15, 0.2) is 46.9 Å². The van der Waals surface area contributed by atoms with Crippen molar-refractivity contribution >= 4 is 50.9 Å². The summed E-state index contributed by atoms with van der Waals surface area (Å²) in [5.41, 5.74) is 0.797. The number of carbonyl (C=O) groups excluding carboxylic acids is 2. The van der Waals surface area contributed by atoms with Crippen molar-refractivity contribution in [2.45, 2.75) is 64.1 Å². The third-order valence-electron chi connectivity index (χ3n) is 5.85. The minimum absolute atomic E-state index is 0.124. The highest BCUT2D eigenvalue weighted by Gasteiger charge is 2.30. The number of nitrogens with one attached hydrogen (secondary N) is 1. The van der Waals surface area contributed by atoms with Crippen molar-refractivity contribution in [3.8, 4) is 5.75 Å². The first-order chi connectivity index (χ1) is 15.9. The molecule has 2 aromatic rings. The molecule has 5 nitrogen and oxygen atoms in total. The number of benzene rings is 2. The molecule has 2 aromatic carbocycles. The van der Waals surface area contributed by atoms with Gasteiger partial charge in [0.25, 0.3) is 5.91 Å². The third kappa shape index (κ3) is 7.62. The van der Waals surface area contributed by atoms with Gasteiger partial charge >= 0.3 is 0 Å². The van der Waals surface area contributed by atoms with Crippen molar-refractivity contribution < 1.29 is 14.3 Å². The van der Waals surface area contributed by atoms with Crippen LogP contribution in [0.25, 0.3) is 0 Å². The zero-order valence-corrected chi connectivity index (χ0v) is 21.8. The molecule has 1 saturated carbocycles. The molecule has 2 amide bonds.